The van der Waals surface area contributed by atoms with Gasteiger partial charge in [-0.3, -0.25) is 9.78 Å². The minimum Gasteiger partial charge on any atom is -0.479 e. The van der Waals surface area contributed by atoms with E-state index in [0.29, 0.717) is 17.5 Å². The van der Waals surface area contributed by atoms with E-state index in [1.807, 2.05) is 12.1 Å². The maximum absolute atomic E-state index is 11.6. The maximum Gasteiger partial charge on any atom is 0.331 e. The lowest BCUT2D eigenvalue weighted by molar-refractivity contribution is -0.147. The highest BCUT2D eigenvalue weighted by atomic mass is 16.4. The lowest BCUT2D eigenvalue weighted by Gasteiger charge is -2.29. The molecule has 0 fully saturated rings. The monoisotopic (exact) mass is 272 g/mol. The van der Waals surface area contributed by atoms with Crippen molar-refractivity contribution in [2.75, 3.05) is 0 Å². The zero-order chi connectivity index (χ0) is 14.7. The van der Waals surface area contributed by atoms with Crippen molar-refractivity contribution < 1.29 is 14.7 Å². The molecule has 5 heteroatoms. The van der Waals surface area contributed by atoms with Crippen molar-refractivity contribution in [1.29, 1.82) is 0 Å². The lowest BCUT2D eigenvalue weighted by Crippen LogP contribution is -2.38. The first-order valence-corrected chi connectivity index (χ1v) is 6.35. The number of aromatic nitrogens is 1. The summed E-state index contributed by atoms with van der Waals surface area (Å²) in [6.07, 6.45) is 2.19. The average molecular weight is 272 g/mol. The second kappa shape index (κ2) is 5.69. The highest BCUT2D eigenvalue weighted by Gasteiger charge is 2.30. The molecule has 0 saturated heterocycles. The van der Waals surface area contributed by atoms with Gasteiger partial charge in [0, 0.05) is 23.2 Å². The van der Waals surface area contributed by atoms with E-state index in [1.165, 1.54) is 4.90 Å². The third-order valence-electron chi connectivity index (χ3n) is 3.21. The molecule has 0 aliphatic carbocycles. The number of carboxylic acid groups (broad SMARTS) is 1. The smallest absolute Gasteiger partial charge is 0.331 e. The van der Waals surface area contributed by atoms with Crippen molar-refractivity contribution in [2.24, 2.45) is 0 Å². The second-order valence-electron chi connectivity index (χ2n) is 4.81. The summed E-state index contributed by atoms with van der Waals surface area (Å²) in [5.41, 5.74) is 1.13. The average Bonchev–Trinajstić information content (AvgIpc) is 2.43. The van der Waals surface area contributed by atoms with Crippen molar-refractivity contribution in [3.05, 3.63) is 42.1 Å². The molecule has 1 amide bonds. The summed E-state index contributed by atoms with van der Waals surface area (Å²) in [7, 11) is 0. The fraction of sp³-hybridized carbons (Fsp3) is 0.267. The first-order chi connectivity index (χ1) is 9.56. The second-order valence-corrected chi connectivity index (χ2v) is 4.81. The van der Waals surface area contributed by atoms with Gasteiger partial charge in [-0.2, -0.15) is 0 Å². The summed E-state index contributed by atoms with van der Waals surface area (Å²) in [6, 6.07) is 7.75. The van der Waals surface area contributed by atoms with Crippen LogP contribution in [0.5, 0.6) is 0 Å². The fourth-order valence-corrected chi connectivity index (χ4v) is 2.25. The van der Waals surface area contributed by atoms with E-state index in [4.69, 9.17) is 0 Å². The van der Waals surface area contributed by atoms with Gasteiger partial charge in [-0.15, -0.1) is 0 Å². The van der Waals surface area contributed by atoms with E-state index in [-0.39, 0.29) is 6.04 Å². The van der Waals surface area contributed by atoms with Crippen LogP contribution in [0, 0.1) is 0 Å². The molecule has 0 saturated carbocycles. The van der Waals surface area contributed by atoms with Crippen LogP contribution < -0.4 is 0 Å². The molecule has 1 heterocycles. The molecule has 0 spiro atoms. The lowest BCUT2D eigenvalue weighted by atomic mass is 10.0. The number of hydrogen-bond acceptors (Lipinski definition) is 3. The van der Waals surface area contributed by atoms with Gasteiger partial charge < -0.3 is 10.0 Å². The van der Waals surface area contributed by atoms with Gasteiger partial charge in [0.2, 0.25) is 6.41 Å². The van der Waals surface area contributed by atoms with Gasteiger partial charge in [0.05, 0.1) is 5.52 Å². The number of hydrogen-bond donors (Lipinski definition) is 1. The highest BCUT2D eigenvalue weighted by molar-refractivity contribution is 5.88. The van der Waals surface area contributed by atoms with Gasteiger partial charge in [-0.1, -0.05) is 24.3 Å². The normalized spacial score (nSPS) is 12.3. The van der Waals surface area contributed by atoms with E-state index in [2.05, 4.69) is 4.98 Å². The summed E-state index contributed by atoms with van der Waals surface area (Å²) >= 11 is 0. The molecule has 0 aliphatic rings. The third kappa shape index (κ3) is 2.47. The van der Waals surface area contributed by atoms with Gasteiger partial charge in [-0.25, -0.2) is 4.79 Å². The van der Waals surface area contributed by atoms with Crippen LogP contribution in [0.3, 0.4) is 0 Å². The van der Waals surface area contributed by atoms with E-state index in [9.17, 15) is 14.7 Å². The van der Waals surface area contributed by atoms with E-state index in [1.54, 1.807) is 38.2 Å². The molecular weight excluding hydrogens is 256 g/mol. The van der Waals surface area contributed by atoms with Gasteiger partial charge in [0.15, 0.2) is 6.04 Å². The molecule has 20 heavy (non-hydrogen) atoms. The van der Waals surface area contributed by atoms with Gasteiger partial charge in [0.1, 0.15) is 0 Å². The SMILES string of the molecule is CC(C)N(C=O)C(C(=O)O)c1cccc2cccnc12. The Morgan fingerprint density at radius 2 is 2.00 bits per heavy atom. The third-order valence-corrected chi connectivity index (χ3v) is 3.21. The van der Waals surface area contributed by atoms with Crippen molar-refractivity contribution in [3.8, 4) is 0 Å². The maximum atomic E-state index is 11.6. The van der Waals surface area contributed by atoms with Gasteiger partial charge in [-0.05, 0) is 19.9 Å². The number of carbonyl (C=O) groups is 2. The zero-order valence-electron chi connectivity index (χ0n) is 11.4. The molecule has 1 aromatic heterocycles. The number of amides is 1. The molecule has 0 radical (unpaired) electrons. The van der Waals surface area contributed by atoms with Crippen molar-refractivity contribution in [1.82, 2.24) is 9.88 Å². The number of para-hydroxylation sites is 1. The summed E-state index contributed by atoms with van der Waals surface area (Å²) < 4.78 is 0. The standard InChI is InChI=1S/C15H16N2O3/c1-10(2)17(9-18)14(15(19)20)12-7-3-5-11-6-4-8-16-13(11)12/h3-10,14H,1-2H3,(H,19,20). The first-order valence-electron chi connectivity index (χ1n) is 6.35. The topological polar surface area (TPSA) is 70.5 Å². The van der Waals surface area contributed by atoms with Crippen molar-refractivity contribution >= 4 is 23.3 Å². The Labute approximate surface area is 116 Å². The Hall–Kier alpha value is -2.43. The zero-order valence-corrected chi connectivity index (χ0v) is 11.4. The summed E-state index contributed by atoms with van der Waals surface area (Å²) in [5.74, 6) is -1.07. The van der Waals surface area contributed by atoms with E-state index >= 15 is 0 Å². The van der Waals surface area contributed by atoms with Crippen LogP contribution in [0.1, 0.15) is 25.5 Å². The van der Waals surface area contributed by atoms with Crippen LogP contribution in [0.25, 0.3) is 10.9 Å². The Balaban J connectivity index is 2.63. The summed E-state index contributed by atoms with van der Waals surface area (Å²) in [4.78, 5) is 28.4. The summed E-state index contributed by atoms with van der Waals surface area (Å²) in [5, 5.41) is 10.4. The van der Waals surface area contributed by atoms with E-state index < -0.39 is 12.0 Å². The molecule has 5 nitrogen and oxygen atoms in total. The summed E-state index contributed by atoms with van der Waals surface area (Å²) in [6.45, 7) is 3.56. The van der Waals surface area contributed by atoms with Crippen LogP contribution in [0.2, 0.25) is 0 Å². The Morgan fingerprint density at radius 1 is 1.30 bits per heavy atom. The molecule has 104 valence electrons. The minimum atomic E-state index is -1.07. The molecule has 1 N–H and O–H groups in total. The molecule has 2 rings (SSSR count). The highest BCUT2D eigenvalue weighted by Crippen LogP contribution is 2.27. The Bertz CT molecular complexity index is 635. The van der Waals surface area contributed by atoms with Crippen LogP contribution in [-0.4, -0.2) is 33.4 Å². The predicted molar refractivity (Wildman–Crippen MR) is 75.2 cm³/mol. The van der Waals surface area contributed by atoms with E-state index in [0.717, 1.165) is 5.39 Å². The fourth-order valence-electron chi connectivity index (χ4n) is 2.25. The Kier molecular flexibility index (Phi) is 3.98. The largest absolute Gasteiger partial charge is 0.479 e. The number of benzene rings is 1. The number of carbonyl (C=O) groups excluding carboxylic acids is 1. The number of fused-ring (bicyclic) bond motifs is 1. The predicted octanol–water partition coefficient (Wildman–Crippen LogP) is 2.23. The molecule has 1 unspecified atom stereocenters. The number of pyridine rings is 1. The number of rotatable bonds is 5. The van der Waals surface area contributed by atoms with Crippen LogP contribution in [0.4, 0.5) is 0 Å². The molecule has 0 bridgehead atoms. The number of nitrogens with zero attached hydrogens (tertiary/aromatic N) is 2. The number of aliphatic carboxylic acids is 1. The minimum absolute atomic E-state index is 0.215. The van der Waals surface area contributed by atoms with Crippen LogP contribution in [0.15, 0.2) is 36.5 Å². The quantitative estimate of drug-likeness (QED) is 0.847. The van der Waals surface area contributed by atoms with Crippen LogP contribution in [-0.2, 0) is 9.59 Å². The molecule has 0 aliphatic heterocycles. The molecule has 1 atom stereocenters. The molecular formula is C15H16N2O3. The van der Waals surface area contributed by atoms with Crippen LogP contribution >= 0.6 is 0 Å². The first kappa shape index (κ1) is 14.0. The molecule has 1 aromatic carbocycles. The van der Waals surface area contributed by atoms with Gasteiger partial charge in [0.25, 0.3) is 0 Å². The molecule has 2 aromatic rings. The Morgan fingerprint density at radius 3 is 2.60 bits per heavy atom. The van der Waals surface area contributed by atoms with Gasteiger partial charge >= 0.3 is 5.97 Å². The van der Waals surface area contributed by atoms with Crippen molar-refractivity contribution in [3.63, 3.8) is 0 Å². The van der Waals surface area contributed by atoms with Crippen molar-refractivity contribution in [2.45, 2.75) is 25.9 Å². The number of carboxylic acids is 1.